The minimum atomic E-state index is -0.356. The summed E-state index contributed by atoms with van der Waals surface area (Å²) >= 11 is 0. The van der Waals surface area contributed by atoms with Crippen molar-refractivity contribution < 1.29 is 23.5 Å². The van der Waals surface area contributed by atoms with Gasteiger partial charge in [-0.15, -0.1) is 0 Å². The van der Waals surface area contributed by atoms with E-state index < -0.39 is 0 Å². The zero-order chi connectivity index (χ0) is 14.4. The number of rotatable bonds is 6. The van der Waals surface area contributed by atoms with Gasteiger partial charge < -0.3 is 24.1 Å². The highest BCUT2D eigenvalue weighted by Crippen LogP contribution is 2.12. The molecule has 0 aliphatic carbocycles. The second kappa shape index (κ2) is 6.90. The van der Waals surface area contributed by atoms with Gasteiger partial charge in [0, 0.05) is 7.11 Å². The number of carbonyl (C=O) groups is 1. The first-order valence-electron chi connectivity index (χ1n) is 6.25. The van der Waals surface area contributed by atoms with Gasteiger partial charge in [-0.05, 0) is 6.92 Å². The minimum Gasteiger partial charge on any atom is -0.491 e. The van der Waals surface area contributed by atoms with Crippen LogP contribution in [0.3, 0.4) is 0 Å². The van der Waals surface area contributed by atoms with Crippen molar-refractivity contribution >= 4 is 5.91 Å². The van der Waals surface area contributed by atoms with Gasteiger partial charge in [0.2, 0.25) is 11.6 Å². The van der Waals surface area contributed by atoms with Crippen LogP contribution in [0.4, 0.5) is 0 Å². The summed E-state index contributed by atoms with van der Waals surface area (Å²) in [5.41, 5.74) is 0. The molecule has 2 rings (SSSR count). The molecule has 1 aromatic heterocycles. The third-order valence-corrected chi connectivity index (χ3v) is 2.61. The standard InChI is InChI=1S/C12H17N3O5/c1-8-11(19-6-5-18-8)12(16)13-7-9-14-10(20-15-9)3-4-17-2/h3-7H2,1-2H3,(H,13,16). The number of amides is 1. The van der Waals surface area contributed by atoms with E-state index in [0.717, 1.165) is 0 Å². The molecule has 0 bridgehead atoms. The van der Waals surface area contributed by atoms with Crippen LogP contribution < -0.4 is 5.32 Å². The quantitative estimate of drug-likeness (QED) is 0.794. The molecule has 8 heteroatoms. The van der Waals surface area contributed by atoms with E-state index in [1.54, 1.807) is 14.0 Å². The van der Waals surface area contributed by atoms with E-state index >= 15 is 0 Å². The number of hydrogen-bond acceptors (Lipinski definition) is 7. The summed E-state index contributed by atoms with van der Waals surface area (Å²) < 4.78 is 20.4. The molecule has 1 aliphatic heterocycles. The van der Waals surface area contributed by atoms with Crippen LogP contribution in [0.1, 0.15) is 18.6 Å². The summed E-state index contributed by atoms with van der Waals surface area (Å²) in [5, 5.41) is 6.41. The van der Waals surface area contributed by atoms with E-state index in [4.69, 9.17) is 18.7 Å². The van der Waals surface area contributed by atoms with Crippen LogP contribution in [0.15, 0.2) is 16.0 Å². The van der Waals surface area contributed by atoms with Gasteiger partial charge in [-0.2, -0.15) is 4.98 Å². The van der Waals surface area contributed by atoms with Gasteiger partial charge in [0.1, 0.15) is 19.0 Å². The van der Waals surface area contributed by atoms with Crippen molar-refractivity contribution in [3.63, 3.8) is 0 Å². The summed E-state index contributed by atoms with van der Waals surface area (Å²) in [6.45, 7) is 3.17. The third kappa shape index (κ3) is 3.70. The first-order chi connectivity index (χ1) is 9.70. The van der Waals surface area contributed by atoms with Gasteiger partial charge in [0.25, 0.3) is 5.91 Å². The number of hydrogen-bond donors (Lipinski definition) is 1. The zero-order valence-electron chi connectivity index (χ0n) is 11.5. The topological polar surface area (TPSA) is 95.7 Å². The number of carbonyl (C=O) groups excluding carboxylic acids is 1. The fourth-order valence-electron chi connectivity index (χ4n) is 1.62. The molecule has 0 aromatic carbocycles. The number of methoxy groups -OCH3 is 1. The Balaban J connectivity index is 1.85. The molecule has 0 atom stereocenters. The Morgan fingerprint density at radius 3 is 2.95 bits per heavy atom. The average Bonchev–Trinajstić information content (AvgIpc) is 2.91. The molecule has 1 N–H and O–H groups in total. The molecule has 110 valence electrons. The van der Waals surface area contributed by atoms with Gasteiger partial charge in [0.05, 0.1) is 19.6 Å². The lowest BCUT2D eigenvalue weighted by Gasteiger charge is -2.18. The SMILES string of the molecule is COCCc1nc(CNC(=O)C2=C(C)OCCO2)no1. The molecule has 20 heavy (non-hydrogen) atoms. The highest BCUT2D eigenvalue weighted by molar-refractivity contribution is 5.91. The number of allylic oxidation sites excluding steroid dienone is 1. The lowest BCUT2D eigenvalue weighted by atomic mass is 10.3. The predicted octanol–water partition coefficient (Wildman–Crippen LogP) is 0.153. The lowest BCUT2D eigenvalue weighted by molar-refractivity contribution is -0.122. The van der Waals surface area contributed by atoms with Gasteiger partial charge in [-0.1, -0.05) is 5.16 Å². The van der Waals surface area contributed by atoms with Gasteiger partial charge in [0.15, 0.2) is 5.82 Å². The van der Waals surface area contributed by atoms with Crippen molar-refractivity contribution in [3.8, 4) is 0 Å². The zero-order valence-corrected chi connectivity index (χ0v) is 11.5. The van der Waals surface area contributed by atoms with Crippen LogP contribution in [0.25, 0.3) is 0 Å². The molecule has 0 fully saturated rings. The van der Waals surface area contributed by atoms with Gasteiger partial charge in [-0.25, -0.2) is 0 Å². The van der Waals surface area contributed by atoms with Crippen molar-refractivity contribution in [1.29, 1.82) is 0 Å². The molecular formula is C12H17N3O5. The Morgan fingerprint density at radius 1 is 1.40 bits per heavy atom. The number of nitrogens with one attached hydrogen (secondary N) is 1. The fourth-order valence-corrected chi connectivity index (χ4v) is 1.62. The number of nitrogens with zero attached hydrogens (tertiary/aromatic N) is 2. The van der Waals surface area contributed by atoms with Crippen LogP contribution in [0, 0.1) is 0 Å². The first kappa shape index (κ1) is 14.3. The second-order valence-electron chi connectivity index (χ2n) is 4.11. The van der Waals surface area contributed by atoms with Crippen LogP contribution in [-0.4, -0.2) is 43.0 Å². The van der Waals surface area contributed by atoms with E-state index in [9.17, 15) is 4.79 Å². The van der Waals surface area contributed by atoms with E-state index in [0.29, 0.717) is 43.7 Å². The Labute approximate surface area is 116 Å². The molecule has 1 amide bonds. The molecule has 1 aromatic rings. The van der Waals surface area contributed by atoms with Crippen molar-refractivity contribution in [3.05, 3.63) is 23.2 Å². The van der Waals surface area contributed by atoms with Crippen molar-refractivity contribution in [2.45, 2.75) is 19.9 Å². The number of aromatic nitrogens is 2. The van der Waals surface area contributed by atoms with E-state index in [-0.39, 0.29) is 18.2 Å². The van der Waals surface area contributed by atoms with Gasteiger partial charge >= 0.3 is 0 Å². The molecule has 1 aliphatic rings. The summed E-state index contributed by atoms with van der Waals surface area (Å²) in [6.07, 6.45) is 0.540. The predicted molar refractivity (Wildman–Crippen MR) is 66.3 cm³/mol. The molecular weight excluding hydrogens is 266 g/mol. The Morgan fingerprint density at radius 2 is 2.20 bits per heavy atom. The molecule has 0 saturated heterocycles. The molecule has 0 radical (unpaired) electrons. The highest BCUT2D eigenvalue weighted by Gasteiger charge is 2.20. The van der Waals surface area contributed by atoms with Crippen LogP contribution >= 0.6 is 0 Å². The Kier molecular flexibility index (Phi) is 4.94. The van der Waals surface area contributed by atoms with E-state index in [1.165, 1.54) is 0 Å². The molecule has 0 unspecified atom stereocenters. The lowest BCUT2D eigenvalue weighted by Crippen LogP contribution is -2.29. The van der Waals surface area contributed by atoms with E-state index in [1.807, 2.05) is 0 Å². The minimum absolute atomic E-state index is 0.162. The van der Waals surface area contributed by atoms with Gasteiger partial charge in [-0.3, -0.25) is 4.79 Å². The van der Waals surface area contributed by atoms with Crippen molar-refractivity contribution in [2.24, 2.45) is 0 Å². The van der Waals surface area contributed by atoms with Crippen molar-refractivity contribution in [1.82, 2.24) is 15.5 Å². The highest BCUT2D eigenvalue weighted by atomic mass is 16.6. The summed E-state index contributed by atoms with van der Waals surface area (Å²) in [6, 6.07) is 0. The molecule has 2 heterocycles. The third-order valence-electron chi connectivity index (χ3n) is 2.61. The normalized spacial score (nSPS) is 14.7. The summed E-state index contributed by atoms with van der Waals surface area (Å²) in [5.74, 6) is 1.19. The largest absolute Gasteiger partial charge is 0.491 e. The fraction of sp³-hybridized carbons (Fsp3) is 0.583. The summed E-state index contributed by atoms with van der Waals surface area (Å²) in [4.78, 5) is 16.0. The smallest absolute Gasteiger partial charge is 0.290 e. The monoisotopic (exact) mass is 283 g/mol. The van der Waals surface area contributed by atoms with E-state index in [2.05, 4.69) is 15.5 Å². The average molecular weight is 283 g/mol. The van der Waals surface area contributed by atoms with Crippen molar-refractivity contribution in [2.75, 3.05) is 26.9 Å². The maximum absolute atomic E-state index is 11.9. The van der Waals surface area contributed by atoms with Crippen LogP contribution in [0.2, 0.25) is 0 Å². The molecule has 0 saturated carbocycles. The number of ether oxygens (including phenoxy) is 3. The Hall–Kier alpha value is -2.09. The maximum atomic E-state index is 11.9. The molecule has 0 spiro atoms. The maximum Gasteiger partial charge on any atom is 0.290 e. The molecule has 8 nitrogen and oxygen atoms in total. The van der Waals surface area contributed by atoms with Crippen LogP contribution in [0.5, 0.6) is 0 Å². The summed E-state index contributed by atoms with van der Waals surface area (Å²) in [7, 11) is 1.60. The van der Waals surface area contributed by atoms with Crippen LogP contribution in [-0.2, 0) is 32.0 Å². The second-order valence-corrected chi connectivity index (χ2v) is 4.11. The first-order valence-corrected chi connectivity index (χ1v) is 6.25. The Bertz CT molecular complexity index is 497.